The van der Waals surface area contributed by atoms with Crippen LogP contribution in [0.15, 0.2) is 182 Å². The van der Waals surface area contributed by atoms with Crippen LogP contribution in [0.2, 0.25) is 0 Å². The maximum atomic E-state index is 12.8. The second-order valence-electron chi connectivity index (χ2n) is 17.7. The van der Waals surface area contributed by atoms with Gasteiger partial charge in [0, 0.05) is 19.3 Å². The number of unbranched alkanes of at least 4 members (excludes halogenated alkanes) is 7. The van der Waals surface area contributed by atoms with E-state index in [1.54, 1.807) is 0 Å². The lowest BCUT2D eigenvalue weighted by Crippen LogP contribution is -2.30. The Morgan fingerprint density at radius 2 is 0.575 bits per heavy atom. The van der Waals surface area contributed by atoms with Gasteiger partial charge < -0.3 is 14.2 Å². The number of carbonyl (C=O) groups excluding carboxylic acids is 3. The minimum absolute atomic E-state index is 0.142. The third-order valence-electron chi connectivity index (χ3n) is 10.9. The fraction of sp³-hybridized carbons (Fsp3) is 0.507. The smallest absolute Gasteiger partial charge is 0.306 e. The van der Waals surface area contributed by atoms with Crippen molar-refractivity contribution < 1.29 is 28.6 Å². The number of carbonyl (C=O) groups is 3. The minimum Gasteiger partial charge on any atom is -0.462 e. The van der Waals surface area contributed by atoms with E-state index in [0.29, 0.717) is 19.3 Å². The molecule has 1 unspecified atom stereocenters. The van der Waals surface area contributed by atoms with Crippen molar-refractivity contribution in [3.8, 4) is 0 Å². The van der Waals surface area contributed by atoms with Gasteiger partial charge in [0.05, 0.1) is 0 Å². The van der Waals surface area contributed by atoms with Crippen molar-refractivity contribution in [3.63, 3.8) is 0 Å². The van der Waals surface area contributed by atoms with E-state index in [-0.39, 0.29) is 38.0 Å². The largest absolute Gasteiger partial charge is 0.462 e. The van der Waals surface area contributed by atoms with Crippen LogP contribution in [0.5, 0.6) is 0 Å². The Kier molecular flexibility index (Phi) is 54.6. The van der Waals surface area contributed by atoms with Crippen LogP contribution in [0.1, 0.15) is 201 Å². The molecule has 0 N–H and O–H groups in total. The van der Waals surface area contributed by atoms with Crippen molar-refractivity contribution in [2.45, 2.75) is 207 Å². The molecule has 0 aromatic rings. The van der Waals surface area contributed by atoms with Crippen LogP contribution in [-0.4, -0.2) is 37.2 Å². The van der Waals surface area contributed by atoms with Crippen LogP contribution in [0.4, 0.5) is 0 Å². The van der Waals surface area contributed by atoms with Gasteiger partial charge in [-0.25, -0.2) is 0 Å². The second-order valence-corrected chi connectivity index (χ2v) is 17.7. The number of allylic oxidation sites excluding steroid dienone is 30. The molecule has 0 amide bonds. The van der Waals surface area contributed by atoms with E-state index in [9.17, 15) is 14.4 Å². The van der Waals surface area contributed by atoms with E-state index >= 15 is 0 Å². The van der Waals surface area contributed by atoms with Crippen LogP contribution in [0, 0.1) is 0 Å². The Morgan fingerprint density at radius 1 is 0.288 bits per heavy atom. The van der Waals surface area contributed by atoms with Crippen LogP contribution >= 0.6 is 0 Å². The van der Waals surface area contributed by atoms with Crippen molar-refractivity contribution >= 4 is 17.9 Å². The number of hydrogen-bond donors (Lipinski definition) is 0. The van der Waals surface area contributed by atoms with E-state index in [1.807, 2.05) is 12.2 Å². The van der Waals surface area contributed by atoms with Crippen LogP contribution in [0.25, 0.3) is 0 Å². The van der Waals surface area contributed by atoms with E-state index < -0.39 is 12.1 Å². The monoisotopic (exact) mass is 1000 g/mol. The zero-order valence-corrected chi connectivity index (χ0v) is 46.1. The molecule has 0 rings (SSSR count). The molecule has 0 aromatic carbocycles. The van der Waals surface area contributed by atoms with Gasteiger partial charge in [0.15, 0.2) is 6.10 Å². The minimum atomic E-state index is -0.855. The summed E-state index contributed by atoms with van der Waals surface area (Å²) >= 11 is 0. The molecule has 404 valence electrons. The fourth-order valence-corrected chi connectivity index (χ4v) is 6.73. The SMILES string of the molecule is CC/C=C\C/C=C\C/C=C\C/C=C\C/C=C\C/C=C\C/C=C\C/C=C\C/C=C\CCCC(=O)OCC(COC(=O)CCCCCCC/C=C\C/C=C\CCC)OC(=O)CC/C=C\C/C=C\C/C=C\C/C=C\CC. The molecule has 73 heavy (non-hydrogen) atoms. The molecule has 6 nitrogen and oxygen atoms in total. The summed E-state index contributed by atoms with van der Waals surface area (Å²) in [5, 5.41) is 0. The van der Waals surface area contributed by atoms with Gasteiger partial charge in [0.2, 0.25) is 0 Å². The molecule has 1 atom stereocenters. The van der Waals surface area contributed by atoms with Crippen LogP contribution in [-0.2, 0) is 28.6 Å². The third-order valence-corrected chi connectivity index (χ3v) is 10.9. The van der Waals surface area contributed by atoms with Gasteiger partial charge in [-0.1, -0.05) is 229 Å². The first-order valence-corrected chi connectivity index (χ1v) is 28.3. The zero-order valence-electron chi connectivity index (χ0n) is 46.1. The summed E-state index contributed by atoms with van der Waals surface area (Å²) in [6.45, 7) is 6.19. The first-order valence-electron chi connectivity index (χ1n) is 28.3. The van der Waals surface area contributed by atoms with Gasteiger partial charge in [-0.15, -0.1) is 0 Å². The highest BCUT2D eigenvalue weighted by Crippen LogP contribution is 2.11. The Bertz CT molecular complexity index is 1770. The lowest BCUT2D eigenvalue weighted by molar-refractivity contribution is -0.166. The highest BCUT2D eigenvalue weighted by molar-refractivity contribution is 5.71. The number of esters is 3. The summed E-state index contributed by atoms with van der Waals surface area (Å²) in [5.41, 5.74) is 0. The molecule has 0 aromatic heterocycles. The second kappa shape index (κ2) is 59.1. The van der Waals surface area contributed by atoms with E-state index in [2.05, 4.69) is 191 Å². The van der Waals surface area contributed by atoms with Crippen molar-refractivity contribution in [2.75, 3.05) is 13.2 Å². The van der Waals surface area contributed by atoms with E-state index in [0.717, 1.165) is 141 Å². The maximum Gasteiger partial charge on any atom is 0.306 e. The number of rotatable bonds is 48. The first-order chi connectivity index (χ1) is 36.0. The summed E-state index contributed by atoms with van der Waals surface area (Å²) in [4.78, 5) is 38.0. The summed E-state index contributed by atoms with van der Waals surface area (Å²) in [6.07, 6.45) is 89.1. The van der Waals surface area contributed by atoms with Crippen LogP contribution in [0.3, 0.4) is 0 Å². The molecule has 0 bridgehead atoms. The molecule has 0 aliphatic heterocycles. The Labute approximate surface area is 446 Å². The molecule has 6 heteroatoms. The lowest BCUT2D eigenvalue weighted by atomic mass is 10.1. The topological polar surface area (TPSA) is 78.9 Å². The standard InChI is InChI=1S/C67H100O6/c1-4-7-10-13-16-19-22-25-26-27-28-29-30-31-32-33-34-35-36-37-38-39-40-43-45-48-51-54-57-60-66(69)72-63-64(73-67(70)61-58-55-52-49-46-42-24-21-18-15-12-9-6-3)62-71-65(68)59-56-53-50-47-44-41-23-20-17-14-11-8-5-2/h7,9-12,14,16,18-21,23,25-26,28-29,31-32,34-35,37-38,40,42-43,46,48,51-52,55,64H,4-6,8,13,15,17,22,24,27,30,33,36,39,41,44-45,47,49-50,53-54,56-63H2,1-3H3/b10-7-,12-9-,14-11-,19-16-,21-18-,23-20-,26-25-,29-28-,32-31-,35-34-,38-37-,43-40-,46-42-,51-48-,55-52-. The summed E-state index contributed by atoms with van der Waals surface area (Å²) in [6, 6.07) is 0. The van der Waals surface area contributed by atoms with E-state index in [1.165, 1.54) is 6.42 Å². The van der Waals surface area contributed by atoms with E-state index in [4.69, 9.17) is 14.2 Å². The predicted molar refractivity (Wildman–Crippen MR) is 315 cm³/mol. The Hall–Kier alpha value is -5.49. The van der Waals surface area contributed by atoms with Crippen molar-refractivity contribution in [1.29, 1.82) is 0 Å². The predicted octanol–water partition coefficient (Wildman–Crippen LogP) is 19.3. The van der Waals surface area contributed by atoms with Gasteiger partial charge in [-0.05, 0) is 135 Å². The van der Waals surface area contributed by atoms with Gasteiger partial charge >= 0.3 is 17.9 Å². The van der Waals surface area contributed by atoms with Gasteiger partial charge in [-0.3, -0.25) is 14.4 Å². The molecular weight excluding hydrogens is 901 g/mol. The molecule has 0 spiro atoms. The molecule has 0 heterocycles. The Morgan fingerprint density at radius 3 is 0.945 bits per heavy atom. The molecule has 0 saturated heterocycles. The molecule has 0 radical (unpaired) electrons. The average molecular weight is 1000 g/mol. The Balaban J connectivity index is 4.50. The van der Waals surface area contributed by atoms with Crippen molar-refractivity contribution in [1.82, 2.24) is 0 Å². The molecule has 0 aliphatic rings. The summed E-state index contributed by atoms with van der Waals surface area (Å²) < 4.78 is 16.7. The fourth-order valence-electron chi connectivity index (χ4n) is 6.73. The summed E-state index contributed by atoms with van der Waals surface area (Å²) in [7, 11) is 0. The highest BCUT2D eigenvalue weighted by Gasteiger charge is 2.19. The highest BCUT2D eigenvalue weighted by atomic mass is 16.6. The number of hydrogen-bond acceptors (Lipinski definition) is 6. The van der Waals surface area contributed by atoms with Crippen LogP contribution < -0.4 is 0 Å². The first kappa shape index (κ1) is 67.5. The van der Waals surface area contributed by atoms with Crippen molar-refractivity contribution in [3.05, 3.63) is 182 Å². The summed E-state index contributed by atoms with van der Waals surface area (Å²) in [5.74, 6) is -1.12. The maximum absolute atomic E-state index is 12.8. The van der Waals surface area contributed by atoms with Gasteiger partial charge in [0.1, 0.15) is 13.2 Å². The van der Waals surface area contributed by atoms with Gasteiger partial charge in [-0.2, -0.15) is 0 Å². The zero-order chi connectivity index (χ0) is 52.9. The third kappa shape index (κ3) is 57.3. The quantitative estimate of drug-likeness (QED) is 0.0262. The molecular formula is C67H100O6. The normalized spacial score (nSPS) is 13.5. The van der Waals surface area contributed by atoms with Gasteiger partial charge in [0.25, 0.3) is 0 Å². The molecule has 0 fully saturated rings. The molecule has 0 aliphatic carbocycles. The van der Waals surface area contributed by atoms with Crippen molar-refractivity contribution in [2.24, 2.45) is 0 Å². The lowest BCUT2D eigenvalue weighted by Gasteiger charge is -2.18. The number of ether oxygens (including phenoxy) is 3. The molecule has 0 saturated carbocycles. The average Bonchev–Trinajstić information content (AvgIpc) is 3.39.